The van der Waals surface area contributed by atoms with Crippen molar-refractivity contribution in [3.05, 3.63) is 70.9 Å². The van der Waals surface area contributed by atoms with Crippen molar-refractivity contribution < 1.29 is 24.9 Å². The van der Waals surface area contributed by atoms with Crippen LogP contribution in [0.25, 0.3) is 10.9 Å². The number of aromatic amines is 1. The van der Waals surface area contributed by atoms with Gasteiger partial charge in [-0.05, 0) is 36.2 Å². The van der Waals surface area contributed by atoms with E-state index in [0.29, 0.717) is 5.02 Å². The minimum atomic E-state index is -1.56. The van der Waals surface area contributed by atoms with E-state index in [1.165, 1.54) is 4.90 Å². The first-order chi connectivity index (χ1) is 15.3. The van der Waals surface area contributed by atoms with Gasteiger partial charge in [-0.2, -0.15) is 0 Å². The molecule has 5 N–H and O–H groups in total. The lowest BCUT2D eigenvalue weighted by Gasteiger charge is -2.27. The van der Waals surface area contributed by atoms with Crippen LogP contribution in [-0.2, 0) is 11.2 Å². The number of β-amino-alcohol motifs (C(OH)–C–C–N with tert-alkyl or cyclic N) is 2. The van der Waals surface area contributed by atoms with Gasteiger partial charge in [0.1, 0.15) is 5.69 Å². The second kappa shape index (κ2) is 9.30. The largest absolute Gasteiger partial charge is 0.388 e. The summed E-state index contributed by atoms with van der Waals surface area (Å²) in [6, 6.07) is 15.1. The summed E-state index contributed by atoms with van der Waals surface area (Å²) in [5.74, 6) is -1.14. The third-order valence-electron chi connectivity index (χ3n) is 5.65. The van der Waals surface area contributed by atoms with Crippen LogP contribution in [0.4, 0.5) is 0 Å². The third-order valence-corrected chi connectivity index (χ3v) is 5.88. The number of carbonyl (C=O) groups excluding carboxylic acids is 2. The molecule has 0 spiro atoms. The Hall–Kier alpha value is -2.91. The van der Waals surface area contributed by atoms with Gasteiger partial charge < -0.3 is 30.5 Å². The van der Waals surface area contributed by atoms with Crippen molar-refractivity contribution in [2.75, 3.05) is 13.1 Å². The smallest absolute Gasteiger partial charge is 0.268 e. The Bertz CT molecular complexity index is 1110. The van der Waals surface area contributed by atoms with Crippen LogP contribution in [0.3, 0.4) is 0 Å². The first-order valence-electron chi connectivity index (χ1n) is 10.3. The highest BCUT2D eigenvalue weighted by atomic mass is 35.5. The molecule has 32 heavy (non-hydrogen) atoms. The van der Waals surface area contributed by atoms with Crippen molar-refractivity contribution in [2.45, 2.75) is 30.8 Å². The summed E-state index contributed by atoms with van der Waals surface area (Å²) in [6.07, 6.45) is -3.47. The molecule has 8 nitrogen and oxygen atoms in total. The number of carbonyl (C=O) groups is 2. The van der Waals surface area contributed by atoms with Crippen molar-refractivity contribution >= 4 is 34.3 Å². The molecular formula is C23H24ClN3O5. The quantitative estimate of drug-likeness (QED) is 0.379. The van der Waals surface area contributed by atoms with E-state index >= 15 is 0 Å². The molecule has 1 saturated heterocycles. The van der Waals surface area contributed by atoms with Gasteiger partial charge in [-0.25, -0.2) is 0 Å². The lowest BCUT2D eigenvalue weighted by molar-refractivity contribution is -0.141. The van der Waals surface area contributed by atoms with Crippen LogP contribution in [-0.4, -0.2) is 74.5 Å². The van der Waals surface area contributed by atoms with Gasteiger partial charge in [-0.1, -0.05) is 41.9 Å². The summed E-state index contributed by atoms with van der Waals surface area (Å²) < 4.78 is 0. The zero-order chi connectivity index (χ0) is 22.8. The maximum absolute atomic E-state index is 13.0. The van der Waals surface area contributed by atoms with Gasteiger partial charge in [0.05, 0.1) is 18.2 Å². The van der Waals surface area contributed by atoms with Gasteiger partial charge in [-0.3, -0.25) is 9.59 Å². The number of halogens is 1. The molecule has 0 aliphatic carbocycles. The molecule has 0 radical (unpaired) electrons. The van der Waals surface area contributed by atoms with Crippen molar-refractivity contribution in [2.24, 2.45) is 0 Å². The molecule has 1 aliphatic rings. The van der Waals surface area contributed by atoms with E-state index in [9.17, 15) is 24.9 Å². The van der Waals surface area contributed by atoms with Crippen LogP contribution in [0.5, 0.6) is 0 Å². The number of H-pyrrole nitrogens is 1. The van der Waals surface area contributed by atoms with Gasteiger partial charge in [0.25, 0.3) is 11.8 Å². The van der Waals surface area contributed by atoms with E-state index < -0.39 is 36.2 Å². The number of aliphatic hydroxyl groups excluding tert-OH is 3. The predicted molar refractivity (Wildman–Crippen MR) is 119 cm³/mol. The number of hydrogen-bond acceptors (Lipinski definition) is 5. The normalized spacial score (nSPS) is 20.3. The van der Waals surface area contributed by atoms with Crippen molar-refractivity contribution in [3.63, 3.8) is 0 Å². The Balaban J connectivity index is 1.55. The summed E-state index contributed by atoms with van der Waals surface area (Å²) in [6.45, 7) is -0.155. The lowest BCUT2D eigenvalue weighted by atomic mass is 10.00. The summed E-state index contributed by atoms with van der Waals surface area (Å²) >= 11 is 6.02. The molecule has 9 heteroatoms. The molecule has 4 rings (SSSR count). The zero-order valence-electron chi connectivity index (χ0n) is 17.1. The SMILES string of the molecule is O=C(N[C@@H](Cc1ccccc1)[C@H](O)C(=O)N1C[C@@H](O)[C@@H](O)C1)c1cc2cc(Cl)ccc2[nH]1. The molecule has 0 bridgehead atoms. The number of nitrogens with zero attached hydrogens (tertiary/aromatic N) is 1. The van der Waals surface area contributed by atoms with Gasteiger partial charge in [0, 0.05) is 29.0 Å². The molecule has 0 saturated carbocycles. The first-order valence-corrected chi connectivity index (χ1v) is 10.7. The molecule has 1 aromatic heterocycles. The zero-order valence-corrected chi connectivity index (χ0v) is 17.9. The van der Waals surface area contributed by atoms with E-state index in [4.69, 9.17) is 11.6 Å². The van der Waals surface area contributed by atoms with Gasteiger partial charge in [-0.15, -0.1) is 0 Å². The Morgan fingerprint density at radius 3 is 2.47 bits per heavy atom. The van der Waals surface area contributed by atoms with Gasteiger partial charge in [0.2, 0.25) is 0 Å². The van der Waals surface area contributed by atoms with E-state index in [1.54, 1.807) is 24.3 Å². The highest BCUT2D eigenvalue weighted by Gasteiger charge is 2.38. The highest BCUT2D eigenvalue weighted by molar-refractivity contribution is 6.31. The number of aromatic nitrogens is 1. The molecule has 2 amide bonds. The molecule has 1 fully saturated rings. The average molecular weight is 458 g/mol. The van der Waals surface area contributed by atoms with E-state index in [1.807, 2.05) is 30.3 Å². The number of hydrogen-bond donors (Lipinski definition) is 5. The number of aliphatic hydroxyl groups is 3. The fourth-order valence-electron chi connectivity index (χ4n) is 3.89. The molecular weight excluding hydrogens is 434 g/mol. The summed E-state index contributed by atoms with van der Waals surface area (Å²) in [7, 11) is 0. The standard InChI is InChI=1S/C23H24ClN3O5/c24-15-6-7-16-14(9-15)10-18(25-16)22(31)26-17(8-13-4-2-1-3-5-13)21(30)23(32)27-11-19(28)20(29)12-27/h1-7,9-10,17,19-21,25,28-30H,8,11-12H2,(H,26,31)/t17-,19-,20+,21-/m0/s1. The van der Waals surface area contributed by atoms with Gasteiger partial charge in [0.15, 0.2) is 6.10 Å². The Kier molecular flexibility index (Phi) is 6.48. The minimum Gasteiger partial charge on any atom is -0.388 e. The van der Waals surface area contributed by atoms with Crippen molar-refractivity contribution in [1.29, 1.82) is 0 Å². The number of rotatable bonds is 6. The number of amides is 2. The predicted octanol–water partition coefficient (Wildman–Crippen LogP) is 1.09. The monoisotopic (exact) mass is 457 g/mol. The van der Waals surface area contributed by atoms with Crippen LogP contribution in [0.2, 0.25) is 5.02 Å². The Morgan fingerprint density at radius 2 is 1.78 bits per heavy atom. The Labute approximate surface area is 189 Å². The van der Waals surface area contributed by atoms with Crippen LogP contribution in [0.1, 0.15) is 16.1 Å². The number of fused-ring (bicyclic) bond motifs is 1. The van der Waals surface area contributed by atoms with E-state index in [-0.39, 0.29) is 25.2 Å². The molecule has 168 valence electrons. The molecule has 2 aromatic carbocycles. The summed E-state index contributed by atoms with van der Waals surface area (Å²) in [5, 5.41) is 34.4. The van der Waals surface area contributed by atoms with E-state index in [0.717, 1.165) is 16.5 Å². The second-order valence-electron chi connectivity index (χ2n) is 8.01. The van der Waals surface area contributed by atoms with Crippen LogP contribution < -0.4 is 5.32 Å². The topological polar surface area (TPSA) is 126 Å². The summed E-state index contributed by atoms with van der Waals surface area (Å²) in [5.41, 5.74) is 1.83. The van der Waals surface area contributed by atoms with Crippen LogP contribution >= 0.6 is 11.6 Å². The molecule has 2 heterocycles. The molecule has 0 unspecified atom stereocenters. The second-order valence-corrected chi connectivity index (χ2v) is 8.44. The van der Waals surface area contributed by atoms with Crippen LogP contribution in [0.15, 0.2) is 54.6 Å². The molecule has 4 atom stereocenters. The fourth-order valence-corrected chi connectivity index (χ4v) is 4.07. The first kappa shape index (κ1) is 22.3. The Morgan fingerprint density at radius 1 is 1.09 bits per heavy atom. The summed E-state index contributed by atoms with van der Waals surface area (Å²) in [4.78, 5) is 30.0. The minimum absolute atomic E-state index is 0.0775. The molecule has 1 aliphatic heterocycles. The average Bonchev–Trinajstić information content (AvgIpc) is 3.35. The number of likely N-dealkylation sites (tertiary alicyclic amines) is 1. The van der Waals surface area contributed by atoms with Crippen LogP contribution in [0, 0.1) is 0 Å². The lowest BCUT2D eigenvalue weighted by Crippen LogP contribution is -2.52. The maximum Gasteiger partial charge on any atom is 0.268 e. The number of benzene rings is 2. The fraction of sp³-hybridized carbons (Fsp3) is 0.304. The highest BCUT2D eigenvalue weighted by Crippen LogP contribution is 2.21. The number of nitrogens with one attached hydrogen (secondary N) is 2. The third kappa shape index (κ3) is 4.78. The van der Waals surface area contributed by atoms with Crippen molar-refractivity contribution in [1.82, 2.24) is 15.2 Å². The molecule has 3 aromatic rings. The van der Waals surface area contributed by atoms with Crippen molar-refractivity contribution in [3.8, 4) is 0 Å². The maximum atomic E-state index is 13.0. The van der Waals surface area contributed by atoms with E-state index in [2.05, 4.69) is 10.3 Å². The van der Waals surface area contributed by atoms with Gasteiger partial charge >= 0.3 is 0 Å².